The average Bonchev–Trinajstić information content (AvgIpc) is 2.89. The van der Waals surface area contributed by atoms with Crippen LogP contribution in [0.4, 0.5) is 21.8 Å². The molecule has 0 fully saturated rings. The topological polar surface area (TPSA) is 99.2 Å². The third-order valence-electron chi connectivity index (χ3n) is 5.48. The van der Waals surface area contributed by atoms with E-state index >= 15 is 0 Å². The predicted molar refractivity (Wildman–Crippen MR) is 131 cm³/mol. The first-order valence-electron chi connectivity index (χ1n) is 11.0. The Morgan fingerprint density at radius 1 is 1.18 bits per heavy atom. The van der Waals surface area contributed by atoms with Crippen molar-refractivity contribution in [3.63, 3.8) is 0 Å². The van der Waals surface area contributed by atoms with Crippen molar-refractivity contribution in [2.75, 3.05) is 24.3 Å². The van der Waals surface area contributed by atoms with Gasteiger partial charge in [0.1, 0.15) is 17.2 Å². The van der Waals surface area contributed by atoms with Gasteiger partial charge in [-0.05, 0) is 42.2 Å². The van der Waals surface area contributed by atoms with E-state index < -0.39 is 6.04 Å². The molecule has 0 aliphatic heterocycles. The third-order valence-corrected chi connectivity index (χ3v) is 5.48. The van der Waals surface area contributed by atoms with Crippen LogP contribution in [0, 0.1) is 5.82 Å². The number of amides is 1. The number of carbonyl (C=O) groups is 1. The van der Waals surface area contributed by atoms with Crippen LogP contribution in [0.15, 0.2) is 73.0 Å². The van der Waals surface area contributed by atoms with Crippen LogP contribution in [0.3, 0.4) is 0 Å². The van der Waals surface area contributed by atoms with Crippen molar-refractivity contribution in [1.29, 1.82) is 0 Å². The summed E-state index contributed by atoms with van der Waals surface area (Å²) in [6.07, 6.45) is 9.18. The summed E-state index contributed by atoms with van der Waals surface area (Å²) in [5, 5.41) is 18.8. The van der Waals surface area contributed by atoms with E-state index in [-0.39, 0.29) is 35.7 Å². The standard InChI is InChI=1S/C26H26FN5O2/c1-28-25(34)21-15-29-26(32-24(21)31-23(16-33)18-10-6-3-7-11-18)30-19-12-13-22(27)20(14-19)17-8-4-2-5-9-17/h3-4,6-15,23,33H,2,5,16H2,1H3,(H,28,34)(H2,29,30,31,32)/t23-/m1/s1. The zero-order valence-electron chi connectivity index (χ0n) is 18.8. The van der Waals surface area contributed by atoms with Crippen LogP contribution in [0.25, 0.3) is 5.57 Å². The summed E-state index contributed by atoms with van der Waals surface area (Å²) in [5.41, 5.74) is 3.01. The van der Waals surface area contributed by atoms with Crippen LogP contribution >= 0.6 is 0 Å². The van der Waals surface area contributed by atoms with Gasteiger partial charge in [0, 0.05) is 24.5 Å². The molecule has 2 aromatic carbocycles. The van der Waals surface area contributed by atoms with E-state index in [0.29, 0.717) is 11.3 Å². The molecule has 174 valence electrons. The first-order chi connectivity index (χ1) is 16.6. The number of rotatable bonds is 8. The monoisotopic (exact) mass is 459 g/mol. The maximum Gasteiger partial charge on any atom is 0.256 e. The fraction of sp³-hybridized carbons (Fsp3) is 0.192. The summed E-state index contributed by atoms with van der Waals surface area (Å²) in [5.74, 6) is -0.181. The van der Waals surface area contributed by atoms with Crippen molar-refractivity contribution < 1.29 is 14.3 Å². The molecule has 1 atom stereocenters. The van der Waals surface area contributed by atoms with Gasteiger partial charge in [0.2, 0.25) is 5.95 Å². The molecule has 4 rings (SSSR count). The normalized spacial score (nSPS) is 13.7. The Hall–Kier alpha value is -4.04. The Morgan fingerprint density at radius 2 is 2.00 bits per heavy atom. The lowest BCUT2D eigenvalue weighted by molar-refractivity contribution is 0.0963. The predicted octanol–water partition coefficient (Wildman–Crippen LogP) is 4.60. The Labute approximate surface area is 197 Å². The van der Waals surface area contributed by atoms with Gasteiger partial charge >= 0.3 is 0 Å². The van der Waals surface area contributed by atoms with Crippen molar-refractivity contribution in [2.24, 2.45) is 0 Å². The first-order valence-corrected chi connectivity index (χ1v) is 11.0. The number of aliphatic hydroxyl groups is 1. The number of nitrogens with zero attached hydrogens (tertiary/aromatic N) is 2. The van der Waals surface area contributed by atoms with E-state index in [0.717, 1.165) is 24.0 Å². The zero-order chi connectivity index (χ0) is 23.9. The maximum absolute atomic E-state index is 14.5. The second-order valence-corrected chi connectivity index (χ2v) is 7.78. The molecule has 1 aromatic heterocycles. The number of benzene rings is 2. The molecule has 7 nitrogen and oxygen atoms in total. The number of hydrogen-bond donors (Lipinski definition) is 4. The molecule has 1 heterocycles. The van der Waals surface area contributed by atoms with Gasteiger partial charge in [-0.15, -0.1) is 0 Å². The van der Waals surface area contributed by atoms with E-state index in [4.69, 9.17) is 0 Å². The molecule has 3 aromatic rings. The van der Waals surface area contributed by atoms with Gasteiger partial charge in [-0.25, -0.2) is 9.37 Å². The molecule has 0 spiro atoms. The summed E-state index contributed by atoms with van der Waals surface area (Å²) in [6, 6.07) is 13.6. The Morgan fingerprint density at radius 3 is 2.71 bits per heavy atom. The highest BCUT2D eigenvalue weighted by Crippen LogP contribution is 2.28. The highest BCUT2D eigenvalue weighted by molar-refractivity contribution is 5.98. The number of halogens is 1. The number of carbonyl (C=O) groups excluding carboxylic acids is 1. The highest BCUT2D eigenvalue weighted by atomic mass is 19.1. The molecule has 4 N–H and O–H groups in total. The van der Waals surface area contributed by atoms with Crippen molar-refractivity contribution >= 4 is 28.9 Å². The Bertz CT molecular complexity index is 1230. The fourth-order valence-electron chi connectivity index (χ4n) is 3.70. The Kier molecular flexibility index (Phi) is 7.29. The van der Waals surface area contributed by atoms with E-state index in [9.17, 15) is 14.3 Å². The van der Waals surface area contributed by atoms with Crippen LogP contribution in [0.2, 0.25) is 0 Å². The van der Waals surface area contributed by atoms with Crippen molar-refractivity contribution in [1.82, 2.24) is 15.3 Å². The van der Waals surface area contributed by atoms with Gasteiger partial charge in [-0.1, -0.05) is 48.6 Å². The minimum atomic E-state index is -0.477. The average molecular weight is 460 g/mol. The summed E-state index contributed by atoms with van der Waals surface area (Å²) in [6.45, 7) is -0.200. The molecule has 0 bridgehead atoms. The Balaban J connectivity index is 1.64. The van der Waals surface area contributed by atoms with Gasteiger partial charge in [0.15, 0.2) is 0 Å². The van der Waals surface area contributed by atoms with E-state index in [1.807, 2.05) is 48.6 Å². The fourth-order valence-corrected chi connectivity index (χ4v) is 3.70. The summed E-state index contributed by atoms with van der Waals surface area (Å²) >= 11 is 0. The van der Waals surface area contributed by atoms with Gasteiger partial charge in [-0.3, -0.25) is 4.79 Å². The number of aromatic nitrogens is 2. The van der Waals surface area contributed by atoms with Crippen LogP contribution in [0.1, 0.15) is 40.4 Å². The second-order valence-electron chi connectivity index (χ2n) is 7.78. The van der Waals surface area contributed by atoms with E-state index in [1.54, 1.807) is 12.1 Å². The van der Waals surface area contributed by atoms with Crippen LogP contribution < -0.4 is 16.0 Å². The lowest BCUT2D eigenvalue weighted by Crippen LogP contribution is -2.23. The minimum absolute atomic E-state index is 0.200. The van der Waals surface area contributed by atoms with Crippen molar-refractivity contribution in [3.8, 4) is 0 Å². The van der Waals surface area contributed by atoms with Gasteiger partial charge in [0.25, 0.3) is 5.91 Å². The smallest absolute Gasteiger partial charge is 0.256 e. The van der Waals surface area contributed by atoms with Crippen molar-refractivity contribution in [2.45, 2.75) is 18.9 Å². The summed E-state index contributed by atoms with van der Waals surface area (Å²) < 4.78 is 14.5. The molecule has 1 amide bonds. The van der Waals surface area contributed by atoms with Gasteiger partial charge in [-0.2, -0.15) is 4.98 Å². The molecule has 0 unspecified atom stereocenters. The number of aliphatic hydroxyl groups excluding tert-OH is 1. The van der Waals surface area contributed by atoms with Crippen molar-refractivity contribution in [3.05, 3.63) is 95.5 Å². The molecule has 34 heavy (non-hydrogen) atoms. The zero-order valence-corrected chi connectivity index (χ0v) is 18.8. The lowest BCUT2D eigenvalue weighted by Gasteiger charge is -2.19. The molecule has 8 heteroatoms. The van der Waals surface area contributed by atoms with Crippen LogP contribution in [-0.2, 0) is 0 Å². The minimum Gasteiger partial charge on any atom is -0.394 e. The van der Waals surface area contributed by atoms with Gasteiger partial charge < -0.3 is 21.1 Å². The molecule has 1 aliphatic carbocycles. The lowest BCUT2D eigenvalue weighted by atomic mass is 9.99. The molecular formula is C26H26FN5O2. The van der Waals surface area contributed by atoms with E-state index in [1.165, 1.54) is 19.3 Å². The summed E-state index contributed by atoms with van der Waals surface area (Å²) in [4.78, 5) is 21.2. The number of hydrogen-bond acceptors (Lipinski definition) is 6. The SMILES string of the molecule is CNC(=O)c1cnc(Nc2ccc(F)c(C3=CCCC=C3)c2)nc1N[C@H](CO)c1ccccc1. The molecular weight excluding hydrogens is 433 g/mol. The maximum atomic E-state index is 14.5. The molecule has 0 radical (unpaired) electrons. The second kappa shape index (κ2) is 10.7. The van der Waals surface area contributed by atoms with E-state index in [2.05, 4.69) is 25.9 Å². The third kappa shape index (κ3) is 5.29. The van der Waals surface area contributed by atoms with Crippen LogP contribution in [-0.4, -0.2) is 34.6 Å². The highest BCUT2D eigenvalue weighted by Gasteiger charge is 2.19. The number of allylic oxidation sites excluding steroid dienone is 4. The molecule has 1 aliphatic rings. The quantitative estimate of drug-likeness (QED) is 0.393. The summed E-state index contributed by atoms with van der Waals surface area (Å²) in [7, 11) is 1.52. The first kappa shape index (κ1) is 23.1. The van der Waals surface area contributed by atoms with Crippen LogP contribution in [0.5, 0.6) is 0 Å². The molecule has 0 saturated heterocycles. The largest absolute Gasteiger partial charge is 0.394 e. The molecule has 0 saturated carbocycles. The number of nitrogens with one attached hydrogen (secondary N) is 3. The number of anilines is 3. The van der Waals surface area contributed by atoms with Gasteiger partial charge in [0.05, 0.1) is 12.6 Å².